The molecule has 2 N–H and O–H groups in total. The van der Waals surface area contributed by atoms with E-state index in [4.69, 9.17) is 14.2 Å². The Hall–Kier alpha value is -2.71. The average molecular weight is 596 g/mol. The van der Waals surface area contributed by atoms with Gasteiger partial charge in [0.05, 0.1) is 31.5 Å². The Bertz CT molecular complexity index is 1240. The first kappa shape index (κ1) is 27.9. The maximum Gasteiger partial charge on any atom is 0.419 e. The molecule has 0 bridgehead atoms. The summed E-state index contributed by atoms with van der Waals surface area (Å²) in [5.74, 6) is -0.398. The topological polar surface area (TPSA) is 106 Å². The van der Waals surface area contributed by atoms with E-state index in [1.165, 1.54) is 33.4 Å². The number of amides is 1. The number of ether oxygens (including phenoxy) is 3. The second-order valence-electron chi connectivity index (χ2n) is 8.00. The van der Waals surface area contributed by atoms with Crippen molar-refractivity contribution in [2.45, 2.75) is 29.6 Å². The number of carbonyl (C=O) groups is 1. The van der Waals surface area contributed by atoms with Crippen LogP contribution in [0.3, 0.4) is 0 Å². The van der Waals surface area contributed by atoms with E-state index < -0.39 is 39.7 Å². The van der Waals surface area contributed by atoms with Crippen molar-refractivity contribution in [1.82, 2.24) is 10.2 Å². The molecular weight excluding hydrogens is 571 g/mol. The SMILES string of the molecule is CNC(=O)[C@@H]1CC(Oc2cc(NS(=O)(=O)c3cc(OC)c(OC)cc3Br)ccc2C(F)(F)F)CN1C. The molecule has 1 amide bonds. The number of benzene rings is 2. The van der Waals surface area contributed by atoms with Crippen LogP contribution in [0.15, 0.2) is 39.7 Å². The van der Waals surface area contributed by atoms with Gasteiger partial charge in [-0.3, -0.25) is 14.4 Å². The highest BCUT2D eigenvalue weighted by atomic mass is 79.9. The van der Waals surface area contributed by atoms with Crippen molar-refractivity contribution in [3.8, 4) is 17.2 Å². The van der Waals surface area contributed by atoms with Crippen molar-refractivity contribution in [2.24, 2.45) is 0 Å². The number of sulfonamides is 1. The molecule has 1 fully saturated rings. The Morgan fingerprint density at radius 1 is 1.11 bits per heavy atom. The van der Waals surface area contributed by atoms with Crippen molar-refractivity contribution < 1.29 is 40.6 Å². The van der Waals surface area contributed by atoms with Gasteiger partial charge in [0.1, 0.15) is 16.7 Å². The number of halogens is 4. The second kappa shape index (κ2) is 10.7. The van der Waals surface area contributed by atoms with Crippen LogP contribution < -0.4 is 24.2 Å². The average Bonchev–Trinajstić information content (AvgIpc) is 3.16. The van der Waals surface area contributed by atoms with Gasteiger partial charge in [-0.05, 0) is 41.2 Å². The zero-order chi connectivity index (χ0) is 26.8. The lowest BCUT2D eigenvalue weighted by Gasteiger charge is -2.20. The molecule has 0 spiro atoms. The maximum absolute atomic E-state index is 13.7. The number of methoxy groups -OCH3 is 2. The van der Waals surface area contributed by atoms with Gasteiger partial charge in [-0.15, -0.1) is 0 Å². The first-order valence-electron chi connectivity index (χ1n) is 10.5. The molecule has 2 aromatic carbocycles. The fraction of sp³-hybridized carbons (Fsp3) is 0.409. The first-order chi connectivity index (χ1) is 16.8. The monoisotopic (exact) mass is 595 g/mol. The predicted octanol–water partition coefficient (Wildman–Crippen LogP) is 3.48. The maximum atomic E-state index is 13.7. The van der Waals surface area contributed by atoms with E-state index in [2.05, 4.69) is 26.0 Å². The number of nitrogens with zero attached hydrogens (tertiary/aromatic N) is 1. The Morgan fingerprint density at radius 2 is 1.75 bits per heavy atom. The molecule has 14 heteroatoms. The van der Waals surface area contributed by atoms with Crippen molar-refractivity contribution in [3.05, 3.63) is 40.4 Å². The van der Waals surface area contributed by atoms with Crippen LogP contribution in [-0.4, -0.2) is 66.2 Å². The number of likely N-dealkylation sites (tertiary alicyclic amines) is 1. The number of alkyl halides is 3. The molecule has 36 heavy (non-hydrogen) atoms. The van der Waals surface area contributed by atoms with Crippen LogP contribution in [-0.2, 0) is 21.0 Å². The lowest BCUT2D eigenvalue weighted by Crippen LogP contribution is -2.39. The third-order valence-electron chi connectivity index (χ3n) is 5.62. The number of anilines is 1. The molecule has 1 saturated heterocycles. The highest BCUT2D eigenvalue weighted by Gasteiger charge is 2.39. The summed E-state index contributed by atoms with van der Waals surface area (Å²) in [7, 11) is 1.61. The third kappa shape index (κ3) is 5.98. The second-order valence-corrected chi connectivity index (χ2v) is 10.5. The Kier molecular flexibility index (Phi) is 8.30. The largest absolute Gasteiger partial charge is 0.493 e. The van der Waals surface area contributed by atoms with E-state index >= 15 is 0 Å². The predicted molar refractivity (Wildman–Crippen MR) is 129 cm³/mol. The molecule has 0 radical (unpaired) electrons. The van der Waals surface area contributed by atoms with E-state index in [-0.39, 0.29) is 45.4 Å². The molecule has 0 aromatic heterocycles. The van der Waals surface area contributed by atoms with Crippen LogP contribution in [0.2, 0.25) is 0 Å². The van der Waals surface area contributed by atoms with Gasteiger partial charge < -0.3 is 19.5 Å². The van der Waals surface area contributed by atoms with Crippen molar-refractivity contribution >= 4 is 37.5 Å². The van der Waals surface area contributed by atoms with E-state index in [1.54, 1.807) is 11.9 Å². The molecule has 1 aliphatic rings. The molecule has 1 unspecified atom stereocenters. The van der Waals surface area contributed by atoms with Crippen LogP contribution in [0, 0.1) is 0 Å². The zero-order valence-electron chi connectivity index (χ0n) is 19.8. The van der Waals surface area contributed by atoms with Crippen LogP contribution in [0.5, 0.6) is 17.2 Å². The minimum absolute atomic E-state index is 0.145. The van der Waals surface area contributed by atoms with Crippen LogP contribution in [0.25, 0.3) is 0 Å². The van der Waals surface area contributed by atoms with Crippen molar-refractivity contribution in [1.29, 1.82) is 0 Å². The minimum Gasteiger partial charge on any atom is -0.493 e. The van der Waals surface area contributed by atoms with Crippen LogP contribution >= 0.6 is 15.9 Å². The molecule has 2 aromatic rings. The standard InChI is InChI=1S/C22H25BrF3N3O6S/c1-27-21(30)16-8-13(11-29(16)2)35-17-7-12(5-6-14(17)22(24,25)26)28-36(31,32)20-10-19(34-4)18(33-3)9-15(20)23/h5-7,9-10,13,16,28H,8,11H2,1-4H3,(H,27,30)/t13?,16-/m0/s1. The highest BCUT2D eigenvalue weighted by Crippen LogP contribution is 2.40. The zero-order valence-corrected chi connectivity index (χ0v) is 22.2. The van der Waals surface area contributed by atoms with Crippen molar-refractivity contribution in [3.63, 3.8) is 0 Å². The number of hydrogen-bond acceptors (Lipinski definition) is 7. The molecule has 9 nitrogen and oxygen atoms in total. The number of rotatable bonds is 8. The molecule has 0 saturated carbocycles. The lowest BCUT2D eigenvalue weighted by atomic mass is 10.1. The number of carbonyl (C=O) groups excluding carboxylic acids is 1. The molecule has 1 aliphatic heterocycles. The smallest absolute Gasteiger partial charge is 0.419 e. The van der Waals surface area contributed by atoms with Crippen LogP contribution in [0.4, 0.5) is 18.9 Å². The summed E-state index contributed by atoms with van der Waals surface area (Å²) >= 11 is 3.17. The minimum atomic E-state index is -4.75. The molecule has 0 aliphatic carbocycles. The highest BCUT2D eigenvalue weighted by molar-refractivity contribution is 9.10. The first-order valence-corrected chi connectivity index (χ1v) is 12.8. The Labute approximate surface area is 215 Å². The van der Waals surface area contributed by atoms with Gasteiger partial charge in [-0.25, -0.2) is 8.42 Å². The van der Waals surface area contributed by atoms with E-state index in [0.29, 0.717) is 0 Å². The van der Waals surface area contributed by atoms with Gasteiger partial charge in [0.25, 0.3) is 10.0 Å². The molecule has 2 atom stereocenters. The van der Waals surface area contributed by atoms with Gasteiger partial charge >= 0.3 is 6.18 Å². The summed E-state index contributed by atoms with van der Waals surface area (Å²) in [5, 5.41) is 2.51. The molecule has 198 valence electrons. The summed E-state index contributed by atoms with van der Waals surface area (Å²) in [6.45, 7) is 0.212. The van der Waals surface area contributed by atoms with Gasteiger partial charge in [0.15, 0.2) is 11.5 Å². The summed E-state index contributed by atoms with van der Waals surface area (Å²) in [6, 6.07) is 4.77. The summed E-state index contributed by atoms with van der Waals surface area (Å²) in [5.41, 5.74) is -1.21. The van der Waals surface area contributed by atoms with Gasteiger partial charge in [0.2, 0.25) is 5.91 Å². The summed E-state index contributed by atoms with van der Waals surface area (Å²) < 4.78 is 85.6. The lowest BCUT2D eigenvalue weighted by molar-refractivity contribution is -0.139. The quantitative estimate of drug-likeness (QED) is 0.481. The van der Waals surface area contributed by atoms with Gasteiger partial charge in [-0.2, -0.15) is 13.2 Å². The molecular formula is C22H25BrF3N3O6S. The fourth-order valence-corrected chi connectivity index (χ4v) is 5.95. The summed E-state index contributed by atoms with van der Waals surface area (Å²) in [6.07, 6.45) is -5.29. The van der Waals surface area contributed by atoms with E-state index in [9.17, 15) is 26.4 Å². The van der Waals surface area contributed by atoms with Gasteiger partial charge in [0, 0.05) is 36.6 Å². The van der Waals surface area contributed by atoms with E-state index in [0.717, 1.165) is 18.2 Å². The Morgan fingerprint density at radius 3 is 2.33 bits per heavy atom. The summed E-state index contributed by atoms with van der Waals surface area (Å²) in [4.78, 5) is 13.5. The fourth-order valence-electron chi connectivity index (χ4n) is 3.86. The third-order valence-corrected chi connectivity index (χ3v) is 7.96. The Balaban J connectivity index is 1.93. The van der Waals surface area contributed by atoms with Crippen LogP contribution in [0.1, 0.15) is 12.0 Å². The van der Waals surface area contributed by atoms with Gasteiger partial charge in [-0.1, -0.05) is 0 Å². The number of nitrogens with one attached hydrogen (secondary N) is 2. The van der Waals surface area contributed by atoms with Crippen molar-refractivity contribution in [2.75, 3.05) is 39.6 Å². The molecule has 3 rings (SSSR count). The normalized spacial score (nSPS) is 18.6. The van der Waals surface area contributed by atoms with E-state index in [1.807, 2.05) is 0 Å². The number of hydrogen-bond donors (Lipinski definition) is 2. The number of likely N-dealkylation sites (N-methyl/N-ethyl adjacent to an activating group) is 2. The molecule has 1 heterocycles.